The standard InChI is InChI=1S/C28H24N2O6S2/c1-4-34-26(32)18-10-8-17(9-11-18)20-13-12-19(36-20)15-22-25(31)30-24(21-7-6-14-37-21)23(27(33)35-5-2)16(3)29-28(30)38-22/h6-15,24H,4-5H2,1-3H3/t24-/m0/s1. The van der Waals surface area contributed by atoms with Crippen molar-refractivity contribution in [3.05, 3.63) is 101 Å². The van der Waals surface area contributed by atoms with Crippen LogP contribution in [0.4, 0.5) is 0 Å². The van der Waals surface area contributed by atoms with Crippen LogP contribution in [0.1, 0.15) is 47.8 Å². The third-order valence-electron chi connectivity index (χ3n) is 5.91. The van der Waals surface area contributed by atoms with Gasteiger partial charge in [0.2, 0.25) is 0 Å². The van der Waals surface area contributed by atoms with Crippen molar-refractivity contribution < 1.29 is 23.5 Å². The van der Waals surface area contributed by atoms with Gasteiger partial charge in [0, 0.05) is 16.5 Å². The second-order valence-corrected chi connectivity index (χ2v) is 10.3. The smallest absolute Gasteiger partial charge is 0.338 e. The Morgan fingerprint density at radius 3 is 2.47 bits per heavy atom. The van der Waals surface area contributed by atoms with Gasteiger partial charge in [-0.1, -0.05) is 29.5 Å². The maximum atomic E-state index is 13.6. The van der Waals surface area contributed by atoms with Crippen LogP contribution in [0.15, 0.2) is 79.4 Å². The van der Waals surface area contributed by atoms with Crippen LogP contribution in [0.25, 0.3) is 17.4 Å². The van der Waals surface area contributed by atoms with E-state index in [-0.39, 0.29) is 18.1 Å². The number of benzene rings is 1. The van der Waals surface area contributed by atoms with Crippen molar-refractivity contribution >= 4 is 40.7 Å². The van der Waals surface area contributed by atoms with E-state index in [0.29, 0.717) is 44.3 Å². The molecule has 0 N–H and O–H groups in total. The quantitative estimate of drug-likeness (QED) is 0.320. The number of fused-ring (bicyclic) bond motifs is 1. The average Bonchev–Trinajstić information content (AvgIpc) is 3.66. The van der Waals surface area contributed by atoms with Crippen molar-refractivity contribution in [2.24, 2.45) is 4.99 Å². The van der Waals surface area contributed by atoms with Crippen LogP contribution in [-0.4, -0.2) is 29.7 Å². The summed E-state index contributed by atoms with van der Waals surface area (Å²) in [5.74, 6) is 0.230. The zero-order valence-electron chi connectivity index (χ0n) is 20.9. The summed E-state index contributed by atoms with van der Waals surface area (Å²) in [5, 5.41) is 1.91. The predicted molar refractivity (Wildman–Crippen MR) is 145 cm³/mol. The fraction of sp³-hybridized carbons (Fsp3) is 0.214. The number of hydrogen-bond donors (Lipinski definition) is 0. The number of ether oxygens (including phenoxy) is 2. The average molecular weight is 549 g/mol. The van der Waals surface area contributed by atoms with Gasteiger partial charge in [0.1, 0.15) is 17.6 Å². The minimum atomic E-state index is -0.613. The molecule has 4 aromatic rings. The molecule has 5 rings (SSSR count). The lowest BCUT2D eigenvalue weighted by atomic mass is 10.0. The normalized spacial score (nSPS) is 15.2. The zero-order valence-corrected chi connectivity index (χ0v) is 22.6. The van der Waals surface area contributed by atoms with Gasteiger partial charge in [0.25, 0.3) is 5.56 Å². The molecule has 3 aromatic heterocycles. The van der Waals surface area contributed by atoms with Gasteiger partial charge >= 0.3 is 11.9 Å². The van der Waals surface area contributed by atoms with Gasteiger partial charge in [-0.05, 0) is 56.5 Å². The molecule has 8 nitrogen and oxygen atoms in total. The number of hydrogen-bond acceptors (Lipinski definition) is 9. The van der Waals surface area contributed by atoms with E-state index < -0.39 is 12.0 Å². The van der Waals surface area contributed by atoms with Crippen LogP contribution in [0.5, 0.6) is 0 Å². The van der Waals surface area contributed by atoms with Crippen molar-refractivity contribution in [1.29, 1.82) is 0 Å². The number of esters is 2. The van der Waals surface area contributed by atoms with E-state index in [0.717, 1.165) is 10.4 Å². The van der Waals surface area contributed by atoms with Crippen molar-refractivity contribution in [2.75, 3.05) is 13.2 Å². The van der Waals surface area contributed by atoms with Gasteiger partial charge in [0.05, 0.1) is 34.6 Å². The summed E-state index contributed by atoms with van der Waals surface area (Å²) in [6, 6.07) is 13.7. The highest BCUT2D eigenvalue weighted by Crippen LogP contribution is 2.33. The van der Waals surface area contributed by atoms with Crippen LogP contribution in [0.2, 0.25) is 0 Å². The Kier molecular flexibility index (Phi) is 7.26. The molecule has 0 aliphatic carbocycles. The fourth-order valence-corrected chi connectivity index (χ4v) is 6.06. The highest BCUT2D eigenvalue weighted by molar-refractivity contribution is 7.10. The molecule has 1 aromatic carbocycles. The van der Waals surface area contributed by atoms with Gasteiger partial charge in [0.15, 0.2) is 4.80 Å². The van der Waals surface area contributed by atoms with Crippen LogP contribution in [-0.2, 0) is 14.3 Å². The molecule has 0 spiro atoms. The highest BCUT2D eigenvalue weighted by atomic mass is 32.1. The number of carbonyl (C=O) groups excluding carboxylic acids is 2. The first-order chi connectivity index (χ1) is 18.4. The Labute approximate surface area is 225 Å². The van der Waals surface area contributed by atoms with Crippen molar-refractivity contribution in [2.45, 2.75) is 26.8 Å². The minimum Gasteiger partial charge on any atom is -0.463 e. The molecule has 1 atom stereocenters. The maximum Gasteiger partial charge on any atom is 0.338 e. The third kappa shape index (κ3) is 4.80. The van der Waals surface area contributed by atoms with Gasteiger partial charge in [-0.2, -0.15) is 0 Å². The monoisotopic (exact) mass is 548 g/mol. The predicted octanol–water partition coefficient (Wildman–Crippen LogP) is 4.30. The van der Waals surface area contributed by atoms with Gasteiger partial charge < -0.3 is 13.9 Å². The lowest BCUT2D eigenvalue weighted by molar-refractivity contribution is -0.139. The maximum absolute atomic E-state index is 13.6. The molecule has 38 heavy (non-hydrogen) atoms. The number of carbonyl (C=O) groups is 2. The van der Waals surface area contributed by atoms with E-state index in [4.69, 9.17) is 13.9 Å². The van der Waals surface area contributed by atoms with Crippen molar-refractivity contribution in [3.8, 4) is 11.3 Å². The minimum absolute atomic E-state index is 0.226. The number of aromatic nitrogens is 1. The molecule has 1 aliphatic heterocycles. The number of rotatable bonds is 7. The van der Waals surface area contributed by atoms with Gasteiger partial charge in [-0.15, -0.1) is 11.3 Å². The molecule has 194 valence electrons. The molecule has 0 saturated carbocycles. The van der Waals surface area contributed by atoms with Crippen LogP contribution < -0.4 is 14.9 Å². The third-order valence-corrected chi connectivity index (χ3v) is 7.82. The summed E-state index contributed by atoms with van der Waals surface area (Å²) in [4.78, 5) is 44.3. The molecule has 0 amide bonds. The molecule has 0 fully saturated rings. The van der Waals surface area contributed by atoms with Crippen molar-refractivity contribution in [3.63, 3.8) is 0 Å². The molecule has 0 radical (unpaired) electrons. The highest BCUT2D eigenvalue weighted by Gasteiger charge is 2.33. The second kappa shape index (κ2) is 10.8. The van der Waals surface area contributed by atoms with Crippen LogP contribution >= 0.6 is 22.7 Å². The summed E-state index contributed by atoms with van der Waals surface area (Å²) >= 11 is 2.70. The number of furan rings is 1. The van der Waals surface area contributed by atoms with E-state index >= 15 is 0 Å². The van der Waals surface area contributed by atoms with Crippen molar-refractivity contribution in [1.82, 2.24) is 4.57 Å². The fourth-order valence-electron chi connectivity index (χ4n) is 4.21. The Morgan fingerprint density at radius 1 is 1.05 bits per heavy atom. The van der Waals surface area contributed by atoms with E-state index in [1.807, 2.05) is 17.5 Å². The summed E-state index contributed by atoms with van der Waals surface area (Å²) in [5.41, 5.74) is 1.87. The molecule has 0 bridgehead atoms. The first-order valence-corrected chi connectivity index (χ1v) is 13.7. The summed E-state index contributed by atoms with van der Waals surface area (Å²) in [7, 11) is 0. The Morgan fingerprint density at radius 2 is 1.79 bits per heavy atom. The summed E-state index contributed by atoms with van der Waals surface area (Å²) < 4.78 is 18.3. The molecule has 1 aliphatic rings. The number of allylic oxidation sites excluding steroid dienone is 1. The Hall–Kier alpha value is -4.02. The largest absolute Gasteiger partial charge is 0.463 e. The lowest BCUT2D eigenvalue weighted by Gasteiger charge is -2.23. The molecular weight excluding hydrogens is 524 g/mol. The van der Waals surface area contributed by atoms with E-state index in [2.05, 4.69) is 4.99 Å². The topological polar surface area (TPSA) is 100 Å². The summed E-state index contributed by atoms with van der Waals surface area (Å²) in [6.07, 6.45) is 1.68. The molecular formula is C28H24N2O6S2. The zero-order chi connectivity index (χ0) is 26.8. The lowest BCUT2D eigenvalue weighted by Crippen LogP contribution is -2.39. The van der Waals surface area contributed by atoms with Gasteiger partial charge in [-0.3, -0.25) is 9.36 Å². The molecule has 4 heterocycles. The molecule has 0 unspecified atom stereocenters. The number of thiazole rings is 1. The van der Waals surface area contributed by atoms with E-state index in [1.165, 1.54) is 22.7 Å². The Bertz CT molecular complexity index is 1710. The number of nitrogens with zero attached hydrogens (tertiary/aromatic N) is 2. The van der Waals surface area contributed by atoms with E-state index in [9.17, 15) is 14.4 Å². The molecule has 10 heteroatoms. The second-order valence-electron chi connectivity index (χ2n) is 8.32. The number of thiophene rings is 1. The first-order valence-electron chi connectivity index (χ1n) is 12.0. The van der Waals surface area contributed by atoms with E-state index in [1.54, 1.807) is 67.8 Å². The van der Waals surface area contributed by atoms with Crippen LogP contribution in [0.3, 0.4) is 0 Å². The van der Waals surface area contributed by atoms with Gasteiger partial charge in [-0.25, -0.2) is 14.6 Å². The molecule has 0 saturated heterocycles. The Balaban J connectivity index is 1.52. The van der Waals surface area contributed by atoms with Crippen LogP contribution in [0, 0.1) is 0 Å². The SMILES string of the molecule is CCOC(=O)C1=C(C)N=c2sc(=Cc3ccc(-c4ccc(C(=O)OCC)cc4)o3)c(=O)n2[C@H]1c1cccs1. The summed E-state index contributed by atoms with van der Waals surface area (Å²) in [6.45, 7) is 5.80. The first kappa shape index (κ1) is 25.6.